The zero-order valence-electron chi connectivity index (χ0n) is 8.28. The number of thiazole rings is 1. The number of anilines is 1. The highest BCUT2D eigenvalue weighted by molar-refractivity contribution is 9.11. The van der Waals surface area contributed by atoms with Crippen molar-refractivity contribution in [3.63, 3.8) is 0 Å². The first-order valence-corrected chi connectivity index (χ1v) is 6.08. The van der Waals surface area contributed by atoms with Gasteiger partial charge in [0, 0.05) is 6.07 Å². The van der Waals surface area contributed by atoms with Gasteiger partial charge in [0.2, 0.25) is 0 Å². The predicted octanol–water partition coefficient (Wildman–Crippen LogP) is 3.00. The highest BCUT2D eigenvalue weighted by Gasteiger charge is 2.13. The van der Waals surface area contributed by atoms with Gasteiger partial charge in [-0.05, 0) is 28.1 Å². The second kappa shape index (κ2) is 4.80. The van der Waals surface area contributed by atoms with Gasteiger partial charge < -0.3 is 5.11 Å². The average molecular weight is 317 g/mol. The molecular formula is C10H6BrFN2O2S. The standard InChI is InChI=1S/C10H6BrFN2O2S/c11-8-4-13-10(17-8)14-9(16)6-2-1-5(12)3-7(6)15/h1-4,15H,(H,13,14,16). The van der Waals surface area contributed by atoms with E-state index in [2.05, 4.69) is 26.2 Å². The molecule has 1 heterocycles. The molecule has 2 rings (SSSR count). The van der Waals surface area contributed by atoms with Crippen LogP contribution in [-0.4, -0.2) is 16.0 Å². The average Bonchev–Trinajstić information content (AvgIpc) is 2.63. The predicted molar refractivity (Wildman–Crippen MR) is 65.8 cm³/mol. The van der Waals surface area contributed by atoms with Crippen molar-refractivity contribution in [2.45, 2.75) is 0 Å². The van der Waals surface area contributed by atoms with E-state index in [1.807, 2.05) is 0 Å². The second-order valence-corrected chi connectivity index (χ2v) is 5.50. The summed E-state index contributed by atoms with van der Waals surface area (Å²) in [6.45, 7) is 0. The van der Waals surface area contributed by atoms with Crippen molar-refractivity contribution in [2.24, 2.45) is 0 Å². The number of halogens is 2. The molecule has 88 valence electrons. The third-order valence-corrected chi connectivity index (χ3v) is 3.29. The van der Waals surface area contributed by atoms with Crippen LogP contribution in [0, 0.1) is 5.82 Å². The molecule has 0 radical (unpaired) electrons. The number of aromatic hydroxyl groups is 1. The molecule has 1 amide bonds. The van der Waals surface area contributed by atoms with Gasteiger partial charge in [0.05, 0.1) is 15.5 Å². The van der Waals surface area contributed by atoms with Crippen molar-refractivity contribution in [3.8, 4) is 5.75 Å². The molecule has 17 heavy (non-hydrogen) atoms. The quantitative estimate of drug-likeness (QED) is 0.895. The largest absolute Gasteiger partial charge is 0.507 e. The zero-order chi connectivity index (χ0) is 12.4. The Morgan fingerprint density at radius 2 is 2.29 bits per heavy atom. The molecule has 0 bridgehead atoms. The van der Waals surface area contributed by atoms with Gasteiger partial charge in [-0.3, -0.25) is 10.1 Å². The maximum atomic E-state index is 12.7. The molecule has 0 aliphatic rings. The number of amides is 1. The molecule has 0 saturated heterocycles. The lowest BCUT2D eigenvalue weighted by Crippen LogP contribution is -2.11. The fourth-order valence-electron chi connectivity index (χ4n) is 1.17. The Morgan fingerprint density at radius 1 is 1.53 bits per heavy atom. The molecule has 0 saturated carbocycles. The number of phenolic OH excluding ortho intramolecular Hbond substituents is 1. The van der Waals surface area contributed by atoms with E-state index in [-0.39, 0.29) is 5.56 Å². The molecule has 1 aromatic carbocycles. The summed E-state index contributed by atoms with van der Waals surface area (Å²) in [5.41, 5.74) is -0.00211. The van der Waals surface area contributed by atoms with Gasteiger partial charge in [0.15, 0.2) is 5.13 Å². The van der Waals surface area contributed by atoms with Crippen LogP contribution in [-0.2, 0) is 0 Å². The summed E-state index contributed by atoms with van der Waals surface area (Å²) in [7, 11) is 0. The number of aromatic nitrogens is 1. The normalized spacial score (nSPS) is 10.2. The molecule has 7 heteroatoms. The van der Waals surface area contributed by atoms with Gasteiger partial charge in [-0.15, -0.1) is 0 Å². The maximum Gasteiger partial charge on any atom is 0.261 e. The molecule has 1 aromatic heterocycles. The number of benzene rings is 1. The third-order valence-electron chi connectivity index (χ3n) is 1.90. The highest BCUT2D eigenvalue weighted by atomic mass is 79.9. The number of rotatable bonds is 2. The lowest BCUT2D eigenvalue weighted by atomic mass is 10.2. The van der Waals surface area contributed by atoms with Gasteiger partial charge >= 0.3 is 0 Å². The van der Waals surface area contributed by atoms with Crippen LogP contribution in [0.25, 0.3) is 0 Å². The topological polar surface area (TPSA) is 62.2 Å². The van der Waals surface area contributed by atoms with Gasteiger partial charge in [0.1, 0.15) is 11.6 Å². The van der Waals surface area contributed by atoms with E-state index < -0.39 is 17.5 Å². The van der Waals surface area contributed by atoms with Gasteiger partial charge in [-0.2, -0.15) is 0 Å². The van der Waals surface area contributed by atoms with Crippen molar-refractivity contribution in [2.75, 3.05) is 5.32 Å². The molecule has 0 aliphatic carbocycles. The van der Waals surface area contributed by atoms with E-state index in [9.17, 15) is 14.3 Å². The number of phenols is 1. The fourth-order valence-corrected chi connectivity index (χ4v) is 2.28. The van der Waals surface area contributed by atoms with Crippen LogP contribution < -0.4 is 5.32 Å². The van der Waals surface area contributed by atoms with Crippen LogP contribution in [0.1, 0.15) is 10.4 Å². The van der Waals surface area contributed by atoms with Crippen molar-refractivity contribution < 1.29 is 14.3 Å². The molecule has 0 atom stereocenters. The number of hydrogen-bond donors (Lipinski definition) is 2. The number of nitrogens with zero attached hydrogens (tertiary/aromatic N) is 1. The van der Waals surface area contributed by atoms with Gasteiger partial charge in [-0.25, -0.2) is 9.37 Å². The maximum absolute atomic E-state index is 12.7. The Bertz CT molecular complexity index is 573. The van der Waals surface area contributed by atoms with Crippen molar-refractivity contribution in [1.29, 1.82) is 0 Å². The minimum Gasteiger partial charge on any atom is -0.507 e. The summed E-state index contributed by atoms with van der Waals surface area (Å²) in [5.74, 6) is -1.54. The zero-order valence-corrected chi connectivity index (χ0v) is 10.7. The highest BCUT2D eigenvalue weighted by Crippen LogP contribution is 2.25. The number of carbonyl (C=O) groups excluding carboxylic acids is 1. The molecule has 0 aliphatic heterocycles. The summed E-state index contributed by atoms with van der Waals surface area (Å²) >= 11 is 4.45. The number of nitrogens with one attached hydrogen (secondary N) is 1. The monoisotopic (exact) mass is 316 g/mol. The van der Waals surface area contributed by atoms with Crippen LogP contribution in [0.2, 0.25) is 0 Å². The van der Waals surface area contributed by atoms with E-state index >= 15 is 0 Å². The fraction of sp³-hybridized carbons (Fsp3) is 0. The number of carbonyl (C=O) groups is 1. The van der Waals surface area contributed by atoms with Crippen molar-refractivity contribution in [3.05, 3.63) is 39.6 Å². The minimum absolute atomic E-state index is 0.00211. The van der Waals surface area contributed by atoms with Crippen molar-refractivity contribution >= 4 is 38.3 Å². The van der Waals surface area contributed by atoms with Crippen molar-refractivity contribution in [1.82, 2.24) is 4.98 Å². The summed E-state index contributed by atoms with van der Waals surface area (Å²) in [6, 6.07) is 3.20. The Morgan fingerprint density at radius 3 is 2.88 bits per heavy atom. The molecule has 2 N–H and O–H groups in total. The summed E-state index contributed by atoms with van der Waals surface area (Å²) in [5, 5.41) is 12.3. The van der Waals surface area contributed by atoms with E-state index in [0.717, 1.165) is 15.9 Å². The van der Waals surface area contributed by atoms with Crippen LogP contribution >= 0.6 is 27.3 Å². The Hall–Kier alpha value is -1.47. The molecule has 0 unspecified atom stereocenters. The molecular weight excluding hydrogens is 311 g/mol. The van der Waals surface area contributed by atoms with Crippen LogP contribution in [0.15, 0.2) is 28.2 Å². The Balaban J connectivity index is 2.20. The van der Waals surface area contributed by atoms with Crippen LogP contribution in [0.4, 0.5) is 9.52 Å². The molecule has 0 spiro atoms. The Labute approximate surface area is 108 Å². The molecule has 4 nitrogen and oxygen atoms in total. The summed E-state index contributed by atoms with van der Waals surface area (Å²) < 4.78 is 13.5. The molecule has 2 aromatic rings. The molecule has 0 fully saturated rings. The first-order valence-electron chi connectivity index (χ1n) is 4.47. The van der Waals surface area contributed by atoms with Crippen LogP contribution in [0.5, 0.6) is 5.75 Å². The summed E-state index contributed by atoms with van der Waals surface area (Å²) in [4.78, 5) is 15.6. The van der Waals surface area contributed by atoms with E-state index in [4.69, 9.17) is 0 Å². The lowest BCUT2D eigenvalue weighted by Gasteiger charge is -2.03. The lowest BCUT2D eigenvalue weighted by molar-refractivity contribution is 0.102. The first kappa shape index (κ1) is 12.0. The number of hydrogen-bond acceptors (Lipinski definition) is 4. The SMILES string of the molecule is O=C(Nc1ncc(Br)s1)c1ccc(F)cc1O. The first-order chi connectivity index (χ1) is 8.06. The third kappa shape index (κ3) is 2.80. The van der Waals surface area contributed by atoms with Gasteiger partial charge in [-0.1, -0.05) is 11.3 Å². The smallest absolute Gasteiger partial charge is 0.261 e. The van der Waals surface area contributed by atoms with E-state index in [0.29, 0.717) is 5.13 Å². The summed E-state index contributed by atoms with van der Waals surface area (Å²) in [6.07, 6.45) is 1.55. The van der Waals surface area contributed by atoms with E-state index in [1.54, 1.807) is 6.20 Å². The minimum atomic E-state index is -0.601. The van der Waals surface area contributed by atoms with Crippen LogP contribution in [0.3, 0.4) is 0 Å². The Kier molecular flexibility index (Phi) is 3.39. The second-order valence-electron chi connectivity index (χ2n) is 3.09. The van der Waals surface area contributed by atoms with Gasteiger partial charge in [0.25, 0.3) is 5.91 Å². The van der Waals surface area contributed by atoms with E-state index in [1.165, 1.54) is 17.4 Å².